The van der Waals surface area contributed by atoms with Crippen molar-refractivity contribution in [3.8, 4) is 0 Å². The van der Waals surface area contributed by atoms with Gasteiger partial charge in [-0.3, -0.25) is 0 Å². The van der Waals surface area contributed by atoms with Crippen LogP contribution < -0.4 is 5.32 Å². The van der Waals surface area contributed by atoms with E-state index in [1.165, 1.54) is 12.1 Å². The fraction of sp³-hybridized carbons (Fsp3) is 0.500. The van der Waals surface area contributed by atoms with Crippen LogP contribution in [0.15, 0.2) is 24.3 Å². The molecule has 0 saturated carbocycles. The van der Waals surface area contributed by atoms with Crippen LogP contribution in [0.25, 0.3) is 0 Å². The Morgan fingerprint density at radius 2 is 2.13 bits per heavy atom. The molecule has 1 aromatic carbocycles. The summed E-state index contributed by atoms with van der Waals surface area (Å²) in [6.07, 6.45) is 0.559. The molecule has 0 fully saturated rings. The number of aliphatic hydroxyl groups is 1. The van der Waals surface area contributed by atoms with Crippen LogP contribution in [0, 0.1) is 5.82 Å². The molecule has 0 aliphatic carbocycles. The second-order valence-corrected chi connectivity index (χ2v) is 3.68. The zero-order chi connectivity index (χ0) is 11.3. The summed E-state index contributed by atoms with van der Waals surface area (Å²) >= 11 is 0. The monoisotopic (exact) mass is 211 g/mol. The van der Waals surface area contributed by atoms with E-state index in [2.05, 4.69) is 5.32 Å². The maximum absolute atomic E-state index is 13.0. The van der Waals surface area contributed by atoms with Gasteiger partial charge in [-0.2, -0.15) is 0 Å². The van der Waals surface area contributed by atoms with Crippen molar-refractivity contribution in [3.05, 3.63) is 35.6 Å². The summed E-state index contributed by atoms with van der Waals surface area (Å²) in [7, 11) is 0. The maximum Gasteiger partial charge on any atom is 0.123 e. The van der Waals surface area contributed by atoms with Gasteiger partial charge in [-0.05, 0) is 30.7 Å². The van der Waals surface area contributed by atoms with Crippen LogP contribution in [-0.4, -0.2) is 18.2 Å². The molecule has 0 heterocycles. The highest BCUT2D eigenvalue weighted by Gasteiger charge is 2.26. The fourth-order valence-electron chi connectivity index (χ4n) is 1.54. The number of halogens is 1. The largest absolute Gasteiger partial charge is 0.384 e. The van der Waals surface area contributed by atoms with Crippen molar-refractivity contribution < 1.29 is 9.50 Å². The first-order valence-corrected chi connectivity index (χ1v) is 5.31. The lowest BCUT2D eigenvalue weighted by molar-refractivity contribution is 0.0329. The Hall–Kier alpha value is -0.930. The van der Waals surface area contributed by atoms with Gasteiger partial charge < -0.3 is 10.4 Å². The van der Waals surface area contributed by atoms with Crippen LogP contribution in [-0.2, 0) is 5.60 Å². The lowest BCUT2D eigenvalue weighted by atomic mass is 9.91. The van der Waals surface area contributed by atoms with Gasteiger partial charge in [-0.1, -0.05) is 26.0 Å². The smallest absolute Gasteiger partial charge is 0.123 e. The SMILES string of the molecule is CCNCC(O)(CC)c1cccc(F)c1. The van der Waals surface area contributed by atoms with Crippen molar-refractivity contribution in [2.75, 3.05) is 13.1 Å². The molecule has 0 aliphatic rings. The van der Waals surface area contributed by atoms with E-state index in [-0.39, 0.29) is 5.82 Å². The Bertz CT molecular complexity index is 316. The van der Waals surface area contributed by atoms with Crippen LogP contribution in [0.4, 0.5) is 4.39 Å². The molecule has 1 unspecified atom stereocenters. The minimum Gasteiger partial charge on any atom is -0.384 e. The summed E-state index contributed by atoms with van der Waals surface area (Å²) < 4.78 is 13.0. The van der Waals surface area contributed by atoms with Crippen molar-refractivity contribution in [1.82, 2.24) is 5.32 Å². The zero-order valence-electron chi connectivity index (χ0n) is 9.26. The molecule has 3 heteroatoms. The summed E-state index contributed by atoms with van der Waals surface area (Å²) in [5, 5.41) is 13.4. The number of nitrogens with one attached hydrogen (secondary N) is 1. The highest BCUT2D eigenvalue weighted by Crippen LogP contribution is 2.24. The van der Waals surface area contributed by atoms with Crippen LogP contribution in [0.2, 0.25) is 0 Å². The molecule has 0 aliphatic heterocycles. The Balaban J connectivity index is 2.89. The minimum atomic E-state index is -0.974. The first-order chi connectivity index (χ1) is 7.12. The highest BCUT2D eigenvalue weighted by atomic mass is 19.1. The topological polar surface area (TPSA) is 32.3 Å². The number of benzene rings is 1. The summed E-state index contributed by atoms with van der Waals surface area (Å²) in [4.78, 5) is 0. The number of hydrogen-bond donors (Lipinski definition) is 2. The van der Waals surface area contributed by atoms with E-state index in [1.54, 1.807) is 12.1 Å². The van der Waals surface area contributed by atoms with Gasteiger partial charge >= 0.3 is 0 Å². The average molecular weight is 211 g/mol. The standard InChI is InChI=1S/C12H18FNO/c1-3-12(15,9-14-4-2)10-6-5-7-11(13)8-10/h5-8,14-15H,3-4,9H2,1-2H3. The van der Waals surface area contributed by atoms with E-state index in [9.17, 15) is 9.50 Å². The van der Waals surface area contributed by atoms with Crippen LogP contribution in [0.1, 0.15) is 25.8 Å². The van der Waals surface area contributed by atoms with Gasteiger partial charge in [-0.15, -0.1) is 0 Å². The summed E-state index contributed by atoms with van der Waals surface area (Å²) in [6, 6.07) is 6.15. The molecule has 1 atom stereocenters. The lowest BCUT2D eigenvalue weighted by Crippen LogP contribution is -2.37. The zero-order valence-corrected chi connectivity index (χ0v) is 9.26. The molecule has 2 nitrogen and oxygen atoms in total. The molecule has 0 spiro atoms. The number of likely N-dealkylation sites (N-methyl/N-ethyl adjacent to an activating group) is 1. The molecular formula is C12H18FNO. The normalized spacial score (nSPS) is 14.9. The third-order valence-electron chi connectivity index (χ3n) is 2.61. The molecule has 0 aromatic heterocycles. The van der Waals surface area contributed by atoms with Gasteiger partial charge in [-0.25, -0.2) is 4.39 Å². The van der Waals surface area contributed by atoms with Crippen molar-refractivity contribution in [3.63, 3.8) is 0 Å². The highest BCUT2D eigenvalue weighted by molar-refractivity contribution is 5.23. The Morgan fingerprint density at radius 3 is 2.67 bits per heavy atom. The summed E-state index contributed by atoms with van der Waals surface area (Å²) in [5.74, 6) is -0.309. The number of rotatable bonds is 5. The third kappa shape index (κ3) is 3.01. The van der Waals surface area contributed by atoms with Crippen molar-refractivity contribution >= 4 is 0 Å². The molecule has 84 valence electrons. The van der Waals surface area contributed by atoms with Gasteiger partial charge in [0.2, 0.25) is 0 Å². The van der Waals surface area contributed by atoms with E-state index in [1.807, 2.05) is 13.8 Å². The predicted octanol–water partition coefficient (Wildman–Crippen LogP) is 2.03. The first kappa shape index (κ1) is 12.1. The fourth-order valence-corrected chi connectivity index (χ4v) is 1.54. The molecule has 0 amide bonds. The molecule has 15 heavy (non-hydrogen) atoms. The average Bonchev–Trinajstić information content (AvgIpc) is 2.26. The van der Waals surface area contributed by atoms with Crippen LogP contribution in [0.3, 0.4) is 0 Å². The molecule has 1 aromatic rings. The van der Waals surface area contributed by atoms with E-state index in [4.69, 9.17) is 0 Å². The van der Waals surface area contributed by atoms with Gasteiger partial charge in [0, 0.05) is 6.54 Å². The minimum absolute atomic E-state index is 0.309. The Kier molecular flexibility index (Phi) is 4.24. The van der Waals surface area contributed by atoms with Gasteiger partial charge in [0.25, 0.3) is 0 Å². The predicted molar refractivity (Wildman–Crippen MR) is 59.1 cm³/mol. The second kappa shape index (κ2) is 5.24. The van der Waals surface area contributed by atoms with Gasteiger partial charge in [0.15, 0.2) is 0 Å². The van der Waals surface area contributed by atoms with Crippen molar-refractivity contribution in [2.24, 2.45) is 0 Å². The molecule has 2 N–H and O–H groups in total. The second-order valence-electron chi connectivity index (χ2n) is 3.68. The van der Waals surface area contributed by atoms with Crippen LogP contribution in [0.5, 0.6) is 0 Å². The molecule has 0 radical (unpaired) electrons. The molecular weight excluding hydrogens is 193 g/mol. The van der Waals surface area contributed by atoms with Crippen molar-refractivity contribution in [2.45, 2.75) is 25.9 Å². The van der Waals surface area contributed by atoms with Crippen molar-refractivity contribution in [1.29, 1.82) is 0 Å². The Morgan fingerprint density at radius 1 is 1.40 bits per heavy atom. The van der Waals surface area contributed by atoms with E-state index in [0.717, 1.165) is 6.54 Å². The molecule has 0 bridgehead atoms. The van der Waals surface area contributed by atoms with E-state index < -0.39 is 5.60 Å². The maximum atomic E-state index is 13.0. The Labute approximate surface area is 90.1 Å². The lowest BCUT2D eigenvalue weighted by Gasteiger charge is -2.27. The third-order valence-corrected chi connectivity index (χ3v) is 2.61. The van der Waals surface area contributed by atoms with Gasteiger partial charge in [0.1, 0.15) is 11.4 Å². The summed E-state index contributed by atoms with van der Waals surface area (Å²) in [6.45, 7) is 5.10. The van der Waals surface area contributed by atoms with E-state index >= 15 is 0 Å². The molecule has 1 rings (SSSR count). The molecule has 0 saturated heterocycles. The number of hydrogen-bond acceptors (Lipinski definition) is 2. The van der Waals surface area contributed by atoms with E-state index in [0.29, 0.717) is 18.5 Å². The summed E-state index contributed by atoms with van der Waals surface area (Å²) in [5.41, 5.74) is -0.344. The first-order valence-electron chi connectivity index (χ1n) is 5.31. The quantitative estimate of drug-likeness (QED) is 0.781. The van der Waals surface area contributed by atoms with Crippen LogP contribution >= 0.6 is 0 Å². The van der Waals surface area contributed by atoms with Gasteiger partial charge in [0.05, 0.1) is 0 Å².